The van der Waals surface area contributed by atoms with Crippen molar-refractivity contribution in [2.24, 2.45) is 11.8 Å². The SMILES string of the molecule is CCOc1ccc(S(=O)(=O)N(CC)CC)cc1NC(=O)c1cccc(NC(=O)C2CC2C)c1. The average Bonchev–Trinajstić information content (AvgIpc) is 3.52. The summed E-state index contributed by atoms with van der Waals surface area (Å²) >= 11 is 0. The van der Waals surface area contributed by atoms with Crippen LogP contribution in [0, 0.1) is 11.8 Å². The van der Waals surface area contributed by atoms with E-state index < -0.39 is 15.9 Å². The number of ether oxygens (including phenoxy) is 1. The van der Waals surface area contributed by atoms with E-state index in [1.165, 1.54) is 16.4 Å². The summed E-state index contributed by atoms with van der Waals surface area (Å²) < 4.78 is 32.8. The molecule has 2 N–H and O–H groups in total. The zero-order valence-corrected chi connectivity index (χ0v) is 20.2. The highest BCUT2D eigenvalue weighted by Gasteiger charge is 2.39. The Morgan fingerprint density at radius 1 is 1.06 bits per heavy atom. The molecule has 9 heteroatoms. The topological polar surface area (TPSA) is 105 Å². The first kappa shape index (κ1) is 24.7. The third-order valence-corrected chi connectivity index (χ3v) is 7.73. The smallest absolute Gasteiger partial charge is 0.255 e. The molecule has 0 radical (unpaired) electrons. The Hall–Kier alpha value is -2.91. The normalized spacial score (nSPS) is 17.5. The number of benzene rings is 2. The van der Waals surface area contributed by atoms with Gasteiger partial charge in [0, 0.05) is 30.3 Å². The van der Waals surface area contributed by atoms with Crippen LogP contribution >= 0.6 is 0 Å². The van der Waals surface area contributed by atoms with Gasteiger partial charge in [-0.2, -0.15) is 4.31 Å². The summed E-state index contributed by atoms with van der Waals surface area (Å²) in [5, 5.41) is 5.61. The number of carbonyl (C=O) groups is 2. The van der Waals surface area contributed by atoms with Gasteiger partial charge in [-0.25, -0.2) is 8.42 Å². The first-order valence-corrected chi connectivity index (χ1v) is 12.6. The average molecular weight is 474 g/mol. The monoisotopic (exact) mass is 473 g/mol. The lowest BCUT2D eigenvalue weighted by Gasteiger charge is -2.20. The Labute approximate surface area is 195 Å². The molecule has 33 heavy (non-hydrogen) atoms. The van der Waals surface area contributed by atoms with E-state index in [0.717, 1.165) is 6.42 Å². The van der Waals surface area contributed by atoms with E-state index in [1.54, 1.807) is 51.1 Å². The number of sulfonamides is 1. The van der Waals surface area contributed by atoms with Gasteiger partial charge in [-0.15, -0.1) is 0 Å². The van der Waals surface area contributed by atoms with Gasteiger partial charge in [-0.3, -0.25) is 9.59 Å². The second-order valence-electron chi connectivity index (χ2n) is 8.02. The second-order valence-corrected chi connectivity index (χ2v) is 9.96. The first-order valence-electron chi connectivity index (χ1n) is 11.2. The maximum atomic E-state index is 13.0. The van der Waals surface area contributed by atoms with Crippen LogP contribution in [0.2, 0.25) is 0 Å². The maximum Gasteiger partial charge on any atom is 0.255 e. The molecule has 0 saturated heterocycles. The van der Waals surface area contributed by atoms with Crippen LogP contribution in [0.4, 0.5) is 11.4 Å². The zero-order valence-electron chi connectivity index (χ0n) is 19.4. The lowest BCUT2D eigenvalue weighted by atomic mass is 10.1. The number of rotatable bonds is 10. The van der Waals surface area contributed by atoms with E-state index in [4.69, 9.17) is 4.74 Å². The minimum atomic E-state index is -3.70. The lowest BCUT2D eigenvalue weighted by Crippen LogP contribution is -2.30. The minimum absolute atomic E-state index is 0.0201. The molecule has 0 aliphatic heterocycles. The number of nitrogens with one attached hydrogen (secondary N) is 2. The van der Waals surface area contributed by atoms with E-state index in [2.05, 4.69) is 10.6 Å². The second kappa shape index (κ2) is 10.4. The van der Waals surface area contributed by atoms with Crippen LogP contribution in [0.25, 0.3) is 0 Å². The molecule has 1 aliphatic carbocycles. The molecule has 1 saturated carbocycles. The van der Waals surface area contributed by atoms with Crippen LogP contribution in [0.5, 0.6) is 5.75 Å². The quantitative estimate of drug-likeness (QED) is 0.543. The van der Waals surface area contributed by atoms with Crippen LogP contribution < -0.4 is 15.4 Å². The number of amides is 2. The van der Waals surface area contributed by atoms with Gasteiger partial charge in [0.15, 0.2) is 0 Å². The molecule has 2 atom stereocenters. The number of hydrogen-bond acceptors (Lipinski definition) is 5. The number of hydrogen-bond donors (Lipinski definition) is 2. The van der Waals surface area contributed by atoms with E-state index in [9.17, 15) is 18.0 Å². The van der Waals surface area contributed by atoms with Crippen molar-refractivity contribution < 1.29 is 22.7 Å². The molecule has 1 fully saturated rings. The summed E-state index contributed by atoms with van der Waals surface area (Å²) in [5.41, 5.74) is 1.13. The molecular weight excluding hydrogens is 442 g/mol. The van der Waals surface area contributed by atoms with Crippen molar-refractivity contribution in [2.45, 2.75) is 39.0 Å². The summed E-state index contributed by atoms with van der Waals surface area (Å²) in [7, 11) is -3.70. The summed E-state index contributed by atoms with van der Waals surface area (Å²) in [5.74, 6) is 0.286. The summed E-state index contributed by atoms with van der Waals surface area (Å²) in [4.78, 5) is 25.3. The molecule has 0 bridgehead atoms. The van der Waals surface area contributed by atoms with Gasteiger partial charge in [0.05, 0.1) is 17.2 Å². The Morgan fingerprint density at radius 3 is 2.36 bits per heavy atom. The highest BCUT2D eigenvalue weighted by molar-refractivity contribution is 7.89. The lowest BCUT2D eigenvalue weighted by molar-refractivity contribution is -0.117. The van der Waals surface area contributed by atoms with Gasteiger partial charge < -0.3 is 15.4 Å². The van der Waals surface area contributed by atoms with Gasteiger partial charge in [-0.1, -0.05) is 26.8 Å². The zero-order chi connectivity index (χ0) is 24.2. The van der Waals surface area contributed by atoms with Crippen molar-refractivity contribution in [3.05, 3.63) is 48.0 Å². The van der Waals surface area contributed by atoms with Crippen molar-refractivity contribution in [2.75, 3.05) is 30.3 Å². The molecule has 178 valence electrons. The van der Waals surface area contributed by atoms with E-state index >= 15 is 0 Å². The maximum absolute atomic E-state index is 13.0. The minimum Gasteiger partial charge on any atom is -0.492 e. The molecule has 8 nitrogen and oxygen atoms in total. The summed E-state index contributed by atoms with van der Waals surface area (Å²) in [6.45, 7) is 8.41. The molecule has 0 aromatic heterocycles. The third kappa shape index (κ3) is 5.72. The molecule has 0 heterocycles. The molecule has 2 unspecified atom stereocenters. The van der Waals surface area contributed by atoms with Crippen molar-refractivity contribution >= 4 is 33.2 Å². The van der Waals surface area contributed by atoms with Crippen molar-refractivity contribution in [3.8, 4) is 5.75 Å². The fourth-order valence-corrected chi connectivity index (χ4v) is 5.10. The Balaban J connectivity index is 1.84. The predicted molar refractivity (Wildman–Crippen MR) is 128 cm³/mol. The molecule has 3 rings (SSSR count). The highest BCUT2D eigenvalue weighted by atomic mass is 32.2. The summed E-state index contributed by atoms with van der Waals surface area (Å²) in [6, 6.07) is 11.1. The van der Waals surface area contributed by atoms with E-state index in [0.29, 0.717) is 42.6 Å². The van der Waals surface area contributed by atoms with Gasteiger partial charge >= 0.3 is 0 Å². The predicted octanol–water partition coefficient (Wildman–Crippen LogP) is 3.96. The molecular formula is C24H31N3O5S. The van der Waals surface area contributed by atoms with Crippen molar-refractivity contribution in [1.82, 2.24) is 4.31 Å². The van der Waals surface area contributed by atoms with Gasteiger partial charge in [0.1, 0.15) is 5.75 Å². The fourth-order valence-electron chi connectivity index (χ4n) is 3.62. The molecule has 2 aromatic rings. The Bertz CT molecular complexity index is 1130. The molecule has 2 aromatic carbocycles. The number of nitrogens with zero attached hydrogens (tertiary/aromatic N) is 1. The van der Waals surface area contributed by atoms with Crippen LogP contribution in [0.3, 0.4) is 0 Å². The van der Waals surface area contributed by atoms with Gasteiger partial charge in [0.2, 0.25) is 15.9 Å². The van der Waals surface area contributed by atoms with E-state index in [1.807, 2.05) is 6.92 Å². The van der Waals surface area contributed by atoms with Gasteiger partial charge in [-0.05, 0) is 55.7 Å². The molecule has 1 aliphatic rings. The molecule has 0 spiro atoms. The Morgan fingerprint density at radius 2 is 1.76 bits per heavy atom. The van der Waals surface area contributed by atoms with Crippen LogP contribution in [-0.2, 0) is 14.8 Å². The number of carbonyl (C=O) groups excluding carboxylic acids is 2. The fraction of sp³-hybridized carbons (Fsp3) is 0.417. The Kier molecular flexibility index (Phi) is 7.76. The molecule has 2 amide bonds. The standard InChI is InChI=1S/C24H31N3O5S/c1-5-27(6-2)33(30,31)19-11-12-22(32-7-3)21(15-19)26-23(28)17-9-8-10-18(14-17)25-24(29)20-13-16(20)4/h8-12,14-16,20H,5-7,13H2,1-4H3,(H,25,29)(H,26,28). The van der Waals surface area contributed by atoms with Gasteiger partial charge in [0.25, 0.3) is 5.91 Å². The van der Waals surface area contributed by atoms with Crippen LogP contribution in [0.15, 0.2) is 47.4 Å². The largest absolute Gasteiger partial charge is 0.492 e. The van der Waals surface area contributed by atoms with E-state index in [-0.39, 0.29) is 22.4 Å². The first-order chi connectivity index (χ1) is 15.7. The third-order valence-electron chi connectivity index (χ3n) is 5.68. The van der Waals surface area contributed by atoms with Crippen molar-refractivity contribution in [3.63, 3.8) is 0 Å². The number of anilines is 2. The highest BCUT2D eigenvalue weighted by Crippen LogP contribution is 2.38. The van der Waals surface area contributed by atoms with Crippen LogP contribution in [-0.4, -0.2) is 44.2 Å². The van der Waals surface area contributed by atoms with Crippen LogP contribution in [0.1, 0.15) is 44.5 Å². The van der Waals surface area contributed by atoms with Crippen molar-refractivity contribution in [1.29, 1.82) is 0 Å². The summed E-state index contributed by atoms with van der Waals surface area (Å²) in [6.07, 6.45) is 0.874.